The van der Waals surface area contributed by atoms with E-state index in [1.807, 2.05) is 75.4 Å². The first-order valence-electron chi connectivity index (χ1n) is 13.0. The second kappa shape index (κ2) is 11.8. The molecule has 7 heteroatoms. The van der Waals surface area contributed by atoms with Crippen LogP contribution >= 0.6 is 11.6 Å². The Balaban J connectivity index is 1.49. The Labute approximate surface area is 223 Å². The topological polar surface area (TPSA) is 69.7 Å². The third kappa shape index (κ3) is 5.80. The lowest BCUT2D eigenvalue weighted by atomic mass is 10.1. The maximum absolute atomic E-state index is 13.6. The summed E-state index contributed by atoms with van der Waals surface area (Å²) in [6.07, 6.45) is 1.19. The minimum Gasteiger partial charge on any atom is -0.354 e. The largest absolute Gasteiger partial charge is 0.354 e. The molecule has 3 amide bonds. The van der Waals surface area contributed by atoms with Crippen molar-refractivity contribution >= 4 is 45.8 Å². The SMILES string of the molecule is CC[C@H](C(=O)NCC(C)C)N(Cc1ccccc1Cl)C(=O)CCCN1C(=O)c2cccc3cccc1c23. The highest BCUT2D eigenvalue weighted by atomic mass is 35.5. The first-order valence-corrected chi connectivity index (χ1v) is 13.3. The molecule has 194 valence electrons. The quantitative estimate of drug-likeness (QED) is 0.347. The van der Waals surface area contributed by atoms with E-state index in [-0.39, 0.29) is 30.7 Å². The van der Waals surface area contributed by atoms with Gasteiger partial charge < -0.3 is 15.1 Å². The molecule has 0 spiro atoms. The van der Waals surface area contributed by atoms with E-state index in [2.05, 4.69) is 5.32 Å². The van der Waals surface area contributed by atoms with Crippen molar-refractivity contribution in [2.75, 3.05) is 18.0 Å². The van der Waals surface area contributed by atoms with Crippen LogP contribution in [0.4, 0.5) is 5.69 Å². The number of anilines is 1. The molecule has 0 aliphatic carbocycles. The van der Waals surface area contributed by atoms with Gasteiger partial charge in [0.25, 0.3) is 5.91 Å². The minimum absolute atomic E-state index is 0.0355. The van der Waals surface area contributed by atoms with E-state index in [1.54, 1.807) is 15.9 Å². The lowest BCUT2D eigenvalue weighted by Gasteiger charge is -2.31. The Hall–Kier alpha value is -3.38. The molecule has 1 aliphatic heterocycles. The molecule has 1 heterocycles. The van der Waals surface area contributed by atoms with Gasteiger partial charge in [0.05, 0.1) is 5.69 Å². The standard InChI is InChI=1S/C30H34ClN3O3/c1-4-25(29(36)32-18-20(2)3)34(19-22-10-5-6-14-24(22)31)27(35)16-9-17-33-26-15-8-12-21-11-7-13-23(28(21)26)30(33)37/h5-8,10-15,20,25H,4,9,16-19H2,1-3H3,(H,32,36)/t25-/m1/s1. The molecule has 0 aromatic heterocycles. The molecular formula is C30H34ClN3O3. The Morgan fingerprint density at radius 2 is 1.76 bits per heavy atom. The number of nitrogens with zero attached hydrogens (tertiary/aromatic N) is 2. The van der Waals surface area contributed by atoms with Crippen molar-refractivity contribution in [3.8, 4) is 0 Å². The Morgan fingerprint density at radius 1 is 1.03 bits per heavy atom. The number of carbonyl (C=O) groups excluding carboxylic acids is 3. The van der Waals surface area contributed by atoms with Crippen LogP contribution in [-0.4, -0.2) is 41.8 Å². The summed E-state index contributed by atoms with van der Waals surface area (Å²) in [5, 5.41) is 5.54. The fourth-order valence-electron chi connectivity index (χ4n) is 4.89. The van der Waals surface area contributed by atoms with Crippen LogP contribution in [0.3, 0.4) is 0 Å². The average molecular weight is 520 g/mol. The molecule has 1 atom stereocenters. The third-order valence-electron chi connectivity index (χ3n) is 6.79. The normalized spacial score (nSPS) is 13.3. The first kappa shape index (κ1) is 26.7. The van der Waals surface area contributed by atoms with Gasteiger partial charge in [-0.25, -0.2) is 0 Å². The average Bonchev–Trinajstić information content (AvgIpc) is 3.16. The highest BCUT2D eigenvalue weighted by Crippen LogP contribution is 2.37. The molecule has 1 aliphatic rings. The Kier molecular flexibility index (Phi) is 8.49. The third-order valence-corrected chi connectivity index (χ3v) is 7.16. The van der Waals surface area contributed by atoms with Gasteiger partial charge in [-0.3, -0.25) is 14.4 Å². The predicted molar refractivity (Wildman–Crippen MR) is 149 cm³/mol. The van der Waals surface area contributed by atoms with Crippen LogP contribution in [0.2, 0.25) is 5.02 Å². The fraction of sp³-hybridized carbons (Fsp3) is 0.367. The van der Waals surface area contributed by atoms with Gasteiger partial charge in [-0.15, -0.1) is 0 Å². The zero-order valence-corrected chi connectivity index (χ0v) is 22.4. The van der Waals surface area contributed by atoms with E-state index in [9.17, 15) is 14.4 Å². The van der Waals surface area contributed by atoms with Gasteiger partial charge in [0.1, 0.15) is 6.04 Å². The van der Waals surface area contributed by atoms with Gasteiger partial charge >= 0.3 is 0 Å². The Bertz CT molecular complexity index is 1300. The maximum Gasteiger partial charge on any atom is 0.258 e. The zero-order valence-electron chi connectivity index (χ0n) is 21.7. The van der Waals surface area contributed by atoms with E-state index >= 15 is 0 Å². The summed E-state index contributed by atoms with van der Waals surface area (Å²) >= 11 is 6.41. The highest BCUT2D eigenvalue weighted by molar-refractivity contribution is 6.31. The number of carbonyl (C=O) groups is 3. The summed E-state index contributed by atoms with van der Waals surface area (Å²) in [4.78, 5) is 43.1. The van der Waals surface area contributed by atoms with Crippen LogP contribution in [-0.2, 0) is 16.1 Å². The maximum atomic E-state index is 13.6. The second-order valence-electron chi connectivity index (χ2n) is 9.92. The summed E-state index contributed by atoms with van der Waals surface area (Å²) in [5.74, 6) is -0.0188. The molecule has 0 fully saturated rings. The van der Waals surface area contributed by atoms with Gasteiger partial charge in [-0.05, 0) is 47.9 Å². The lowest BCUT2D eigenvalue weighted by Crippen LogP contribution is -2.49. The minimum atomic E-state index is -0.603. The molecule has 4 rings (SSSR count). The van der Waals surface area contributed by atoms with E-state index < -0.39 is 6.04 Å². The van der Waals surface area contributed by atoms with Crippen LogP contribution < -0.4 is 10.2 Å². The molecule has 3 aromatic carbocycles. The van der Waals surface area contributed by atoms with Gasteiger partial charge in [0, 0.05) is 42.0 Å². The molecule has 0 saturated heterocycles. The van der Waals surface area contributed by atoms with Crippen molar-refractivity contribution in [1.82, 2.24) is 10.2 Å². The summed E-state index contributed by atoms with van der Waals surface area (Å²) in [7, 11) is 0. The summed E-state index contributed by atoms with van der Waals surface area (Å²) in [6.45, 7) is 7.20. The second-order valence-corrected chi connectivity index (χ2v) is 10.3. The van der Waals surface area contributed by atoms with E-state index in [0.717, 1.165) is 22.0 Å². The summed E-state index contributed by atoms with van der Waals surface area (Å²) in [6, 6.07) is 18.4. The van der Waals surface area contributed by atoms with Crippen molar-refractivity contribution in [3.05, 3.63) is 76.8 Å². The van der Waals surface area contributed by atoms with Crippen LogP contribution in [0.25, 0.3) is 10.8 Å². The molecule has 0 bridgehead atoms. The number of halogens is 1. The van der Waals surface area contributed by atoms with E-state index in [4.69, 9.17) is 11.6 Å². The molecule has 0 saturated carbocycles. The van der Waals surface area contributed by atoms with Crippen molar-refractivity contribution in [1.29, 1.82) is 0 Å². The van der Waals surface area contributed by atoms with Crippen molar-refractivity contribution in [3.63, 3.8) is 0 Å². The van der Waals surface area contributed by atoms with Crippen molar-refractivity contribution < 1.29 is 14.4 Å². The van der Waals surface area contributed by atoms with E-state index in [1.165, 1.54) is 0 Å². The van der Waals surface area contributed by atoms with Crippen LogP contribution in [0.5, 0.6) is 0 Å². The number of rotatable bonds is 11. The molecule has 1 N–H and O–H groups in total. The van der Waals surface area contributed by atoms with Crippen LogP contribution in [0.15, 0.2) is 60.7 Å². The van der Waals surface area contributed by atoms with Crippen molar-refractivity contribution in [2.24, 2.45) is 5.92 Å². The molecular weight excluding hydrogens is 486 g/mol. The molecule has 3 aromatic rings. The highest BCUT2D eigenvalue weighted by Gasteiger charge is 2.31. The van der Waals surface area contributed by atoms with Gasteiger partial charge in [-0.1, -0.05) is 74.8 Å². The lowest BCUT2D eigenvalue weighted by molar-refractivity contribution is -0.141. The number of benzene rings is 3. The predicted octanol–water partition coefficient (Wildman–Crippen LogP) is 5.81. The van der Waals surface area contributed by atoms with Gasteiger partial charge in [0.2, 0.25) is 11.8 Å². The van der Waals surface area contributed by atoms with Crippen LogP contribution in [0, 0.1) is 5.92 Å². The molecule has 6 nitrogen and oxygen atoms in total. The first-order chi connectivity index (χ1) is 17.8. The monoisotopic (exact) mass is 519 g/mol. The number of nitrogens with one attached hydrogen (secondary N) is 1. The van der Waals surface area contributed by atoms with Crippen molar-refractivity contribution in [2.45, 2.75) is 52.6 Å². The summed E-state index contributed by atoms with van der Waals surface area (Å²) in [5.41, 5.74) is 2.38. The van der Waals surface area contributed by atoms with E-state index in [0.29, 0.717) is 42.4 Å². The smallest absolute Gasteiger partial charge is 0.258 e. The molecule has 37 heavy (non-hydrogen) atoms. The number of hydrogen-bond donors (Lipinski definition) is 1. The Morgan fingerprint density at radius 3 is 2.46 bits per heavy atom. The van der Waals surface area contributed by atoms with Gasteiger partial charge in [-0.2, -0.15) is 0 Å². The van der Waals surface area contributed by atoms with Gasteiger partial charge in [0.15, 0.2) is 0 Å². The molecule has 0 unspecified atom stereocenters. The summed E-state index contributed by atoms with van der Waals surface area (Å²) < 4.78 is 0. The number of hydrogen-bond acceptors (Lipinski definition) is 3. The molecule has 0 radical (unpaired) electrons. The zero-order chi connectivity index (χ0) is 26.5. The number of amides is 3. The fourth-order valence-corrected chi connectivity index (χ4v) is 5.08. The van der Waals surface area contributed by atoms with Crippen LogP contribution in [0.1, 0.15) is 56.0 Å².